The maximum absolute atomic E-state index is 12.3. The van der Waals surface area contributed by atoms with Gasteiger partial charge in [0, 0.05) is 11.0 Å². The number of anilines is 1. The number of thioether (sulfide) groups is 1. The van der Waals surface area contributed by atoms with Crippen LogP contribution in [0.5, 0.6) is 5.75 Å². The highest BCUT2D eigenvalue weighted by Crippen LogP contribution is 2.27. The quantitative estimate of drug-likeness (QED) is 0.492. The molecule has 0 unspecified atom stereocenters. The topological polar surface area (TPSA) is 114 Å². The van der Waals surface area contributed by atoms with E-state index in [9.17, 15) is 19.7 Å². The Bertz CT molecular complexity index is 818. The minimum Gasteiger partial charge on any atom is -0.496 e. The number of ether oxygens (including phenoxy) is 1. The van der Waals surface area contributed by atoms with Crippen LogP contribution >= 0.6 is 11.8 Å². The summed E-state index contributed by atoms with van der Waals surface area (Å²) in [6.45, 7) is 0. The number of nitrogens with zero attached hydrogens (tertiary/aromatic N) is 1. The van der Waals surface area contributed by atoms with Crippen molar-refractivity contribution in [3.05, 3.63) is 56.5 Å². The molecule has 0 aliphatic carbocycles. The highest BCUT2D eigenvalue weighted by Gasteiger charge is 2.19. The Morgan fingerprint density at radius 2 is 2.13 bits per heavy atom. The van der Waals surface area contributed by atoms with Gasteiger partial charge >= 0.3 is 5.69 Å². The first-order valence-corrected chi connectivity index (χ1v) is 7.59. The molecule has 23 heavy (non-hydrogen) atoms. The zero-order valence-corrected chi connectivity index (χ0v) is 13.1. The van der Waals surface area contributed by atoms with Crippen LogP contribution in [0.25, 0.3) is 0 Å². The third kappa shape index (κ3) is 3.69. The third-order valence-electron chi connectivity index (χ3n) is 3.00. The van der Waals surface area contributed by atoms with E-state index in [0.717, 1.165) is 17.2 Å². The average molecular weight is 335 g/mol. The fourth-order valence-corrected chi connectivity index (χ4v) is 2.32. The van der Waals surface area contributed by atoms with E-state index in [0.29, 0.717) is 5.75 Å². The molecule has 2 rings (SSSR count). The summed E-state index contributed by atoms with van der Waals surface area (Å²) in [5.74, 6) is -0.273. The van der Waals surface area contributed by atoms with Gasteiger partial charge in [-0.1, -0.05) is 0 Å². The van der Waals surface area contributed by atoms with E-state index < -0.39 is 22.1 Å². The molecule has 0 atom stereocenters. The Hall–Kier alpha value is -2.81. The first-order valence-electron chi connectivity index (χ1n) is 6.36. The third-order valence-corrected chi connectivity index (χ3v) is 3.73. The Morgan fingerprint density at radius 3 is 2.74 bits per heavy atom. The summed E-state index contributed by atoms with van der Waals surface area (Å²) in [5.41, 5.74) is -0.937. The van der Waals surface area contributed by atoms with Crippen LogP contribution in [-0.2, 0) is 0 Å². The molecule has 2 aromatic rings. The van der Waals surface area contributed by atoms with Crippen molar-refractivity contribution in [1.29, 1.82) is 0 Å². The number of carbonyl (C=O) groups is 1. The molecule has 0 aliphatic heterocycles. The lowest BCUT2D eigenvalue weighted by Crippen LogP contribution is -2.17. The van der Waals surface area contributed by atoms with Crippen LogP contribution in [0.15, 0.2) is 40.2 Å². The van der Waals surface area contributed by atoms with Crippen LogP contribution in [0.1, 0.15) is 10.4 Å². The van der Waals surface area contributed by atoms with E-state index >= 15 is 0 Å². The molecule has 0 aliphatic rings. The van der Waals surface area contributed by atoms with Crippen molar-refractivity contribution in [3.8, 4) is 5.75 Å². The van der Waals surface area contributed by atoms with E-state index in [1.54, 1.807) is 18.2 Å². The Balaban J connectivity index is 2.38. The van der Waals surface area contributed by atoms with Crippen LogP contribution in [-0.4, -0.2) is 29.2 Å². The maximum atomic E-state index is 12.3. The molecule has 1 aromatic heterocycles. The number of nitro groups is 1. The summed E-state index contributed by atoms with van der Waals surface area (Å²) >= 11 is 1.48. The summed E-state index contributed by atoms with van der Waals surface area (Å²) in [5, 5.41) is 13.3. The monoisotopic (exact) mass is 335 g/mol. The normalized spacial score (nSPS) is 10.2. The number of pyridine rings is 1. The van der Waals surface area contributed by atoms with E-state index in [1.165, 1.54) is 18.9 Å². The van der Waals surface area contributed by atoms with Gasteiger partial charge in [0.1, 0.15) is 11.4 Å². The number of aromatic nitrogens is 1. The number of benzene rings is 1. The number of hydrogen-bond donors (Lipinski definition) is 2. The van der Waals surface area contributed by atoms with Crippen molar-refractivity contribution >= 4 is 29.0 Å². The lowest BCUT2D eigenvalue weighted by atomic mass is 10.2. The minimum absolute atomic E-state index is 0.181. The average Bonchev–Trinajstić information content (AvgIpc) is 2.53. The van der Waals surface area contributed by atoms with Crippen molar-refractivity contribution in [2.24, 2.45) is 0 Å². The fraction of sp³-hybridized carbons (Fsp3) is 0.143. The number of rotatable bonds is 5. The van der Waals surface area contributed by atoms with E-state index in [-0.39, 0.29) is 11.3 Å². The number of hydrogen-bond acceptors (Lipinski definition) is 6. The Labute approximate surface area is 135 Å². The van der Waals surface area contributed by atoms with Crippen molar-refractivity contribution in [1.82, 2.24) is 4.98 Å². The maximum Gasteiger partial charge on any atom is 0.308 e. The van der Waals surface area contributed by atoms with E-state index in [1.807, 2.05) is 6.26 Å². The number of methoxy groups -OCH3 is 1. The van der Waals surface area contributed by atoms with Crippen LogP contribution in [0.2, 0.25) is 0 Å². The molecule has 0 fully saturated rings. The Morgan fingerprint density at radius 1 is 1.39 bits per heavy atom. The minimum atomic E-state index is -0.695. The molecule has 120 valence electrons. The molecular formula is C14H13N3O5S. The van der Waals surface area contributed by atoms with E-state index in [2.05, 4.69) is 10.3 Å². The van der Waals surface area contributed by atoms with Crippen molar-refractivity contribution in [2.75, 3.05) is 18.7 Å². The first kappa shape index (κ1) is 16.6. The molecule has 0 bridgehead atoms. The van der Waals surface area contributed by atoms with Crippen LogP contribution in [0.3, 0.4) is 0 Å². The molecule has 8 nitrogen and oxygen atoms in total. The zero-order valence-electron chi connectivity index (χ0n) is 12.3. The first-order chi connectivity index (χ1) is 11.0. The predicted molar refractivity (Wildman–Crippen MR) is 86.4 cm³/mol. The summed E-state index contributed by atoms with van der Waals surface area (Å²) in [6, 6.07) is 5.93. The molecule has 0 saturated carbocycles. The SMILES string of the molecule is COc1cc(SC)ccc1C(=O)Nc1cc(=O)[nH]cc1[N+](=O)[O-]. The number of carbonyl (C=O) groups excluding carboxylic acids is 1. The highest BCUT2D eigenvalue weighted by atomic mass is 32.2. The lowest BCUT2D eigenvalue weighted by molar-refractivity contribution is -0.384. The summed E-state index contributed by atoms with van der Waals surface area (Å²) in [6.07, 6.45) is 2.82. The van der Waals surface area contributed by atoms with Gasteiger partial charge in [-0.15, -0.1) is 11.8 Å². The molecule has 1 heterocycles. The molecule has 1 amide bonds. The van der Waals surface area contributed by atoms with Crippen molar-refractivity contribution in [2.45, 2.75) is 4.90 Å². The Kier molecular flexibility index (Phi) is 5.02. The van der Waals surface area contributed by atoms with Gasteiger partial charge in [0.05, 0.1) is 23.8 Å². The number of H-pyrrole nitrogens is 1. The van der Waals surface area contributed by atoms with Gasteiger partial charge in [-0.05, 0) is 24.5 Å². The second-order valence-electron chi connectivity index (χ2n) is 4.37. The molecule has 0 saturated heterocycles. The largest absolute Gasteiger partial charge is 0.496 e. The van der Waals surface area contributed by atoms with Gasteiger partial charge < -0.3 is 15.0 Å². The molecule has 0 spiro atoms. The van der Waals surface area contributed by atoms with Gasteiger partial charge in [0.25, 0.3) is 5.91 Å². The molecule has 2 N–H and O–H groups in total. The number of amides is 1. The van der Waals surface area contributed by atoms with Crippen LogP contribution in [0, 0.1) is 10.1 Å². The standard InChI is InChI=1S/C14H13N3O5S/c1-22-12-5-8(23-2)3-4-9(12)14(19)16-10-6-13(18)15-7-11(10)17(20)21/h3-7H,1-2H3,(H2,15,16,18,19). The second kappa shape index (κ2) is 6.97. The van der Waals surface area contributed by atoms with Gasteiger partial charge in [0.15, 0.2) is 0 Å². The van der Waals surface area contributed by atoms with Crippen molar-refractivity contribution < 1.29 is 14.5 Å². The van der Waals surface area contributed by atoms with Gasteiger partial charge in [-0.2, -0.15) is 0 Å². The highest BCUT2D eigenvalue weighted by molar-refractivity contribution is 7.98. The summed E-state index contributed by atoms with van der Waals surface area (Å²) in [4.78, 5) is 37.0. The smallest absolute Gasteiger partial charge is 0.308 e. The molecule has 1 aromatic carbocycles. The van der Waals surface area contributed by atoms with E-state index in [4.69, 9.17) is 4.74 Å². The zero-order chi connectivity index (χ0) is 17.0. The summed E-state index contributed by atoms with van der Waals surface area (Å²) < 4.78 is 5.17. The number of aromatic amines is 1. The summed E-state index contributed by atoms with van der Waals surface area (Å²) in [7, 11) is 1.42. The van der Waals surface area contributed by atoms with Gasteiger partial charge in [-0.25, -0.2) is 0 Å². The van der Waals surface area contributed by atoms with Crippen LogP contribution in [0.4, 0.5) is 11.4 Å². The lowest BCUT2D eigenvalue weighted by Gasteiger charge is -2.10. The van der Waals surface area contributed by atoms with Crippen LogP contribution < -0.4 is 15.6 Å². The predicted octanol–water partition coefficient (Wildman–Crippen LogP) is 2.27. The second-order valence-corrected chi connectivity index (χ2v) is 5.25. The molecule has 9 heteroatoms. The van der Waals surface area contributed by atoms with Gasteiger partial charge in [0.2, 0.25) is 5.56 Å². The van der Waals surface area contributed by atoms with Gasteiger partial charge in [-0.3, -0.25) is 19.7 Å². The fourth-order valence-electron chi connectivity index (χ4n) is 1.89. The number of nitrogens with one attached hydrogen (secondary N) is 2. The van der Waals surface area contributed by atoms with Crippen molar-refractivity contribution in [3.63, 3.8) is 0 Å². The molecule has 0 radical (unpaired) electrons. The molecular weight excluding hydrogens is 322 g/mol.